The molecule has 0 atom stereocenters. The summed E-state index contributed by atoms with van der Waals surface area (Å²) in [5, 5.41) is 0. The smallest absolute Gasteiger partial charge is 0.306 e. The van der Waals surface area contributed by atoms with Crippen molar-refractivity contribution in [2.24, 2.45) is 0 Å². The Labute approximate surface area is 99.6 Å². The average Bonchev–Trinajstić information content (AvgIpc) is 2.31. The molecule has 0 N–H and O–H groups in total. The van der Waals surface area contributed by atoms with Crippen LogP contribution in [0, 0.1) is 0 Å². The molecule has 4 nitrogen and oxygen atoms in total. The predicted molar refractivity (Wildman–Crippen MR) is 62.2 cm³/mol. The summed E-state index contributed by atoms with van der Waals surface area (Å²) in [6.45, 7) is -0.271. The first-order valence-corrected chi connectivity index (χ1v) is 5.38. The van der Waals surface area contributed by atoms with Crippen molar-refractivity contribution in [1.29, 1.82) is 0 Å². The molecule has 0 saturated carbocycles. The van der Waals surface area contributed by atoms with E-state index in [0.29, 0.717) is 6.42 Å². The maximum Gasteiger partial charge on any atom is 0.306 e. The van der Waals surface area contributed by atoms with Gasteiger partial charge in [-0.15, -0.1) is 0 Å². The van der Waals surface area contributed by atoms with Gasteiger partial charge in [0.2, 0.25) is 0 Å². The molecule has 1 aliphatic heterocycles. The maximum atomic E-state index is 11.3. The van der Waals surface area contributed by atoms with E-state index in [4.69, 9.17) is 4.74 Å². The molecule has 1 aliphatic rings. The van der Waals surface area contributed by atoms with E-state index in [1.807, 2.05) is 0 Å². The number of esters is 1. The molecular weight excluding hydrogens is 220 g/mol. The fraction of sp³-hybridized carbons (Fsp3) is 0.308. The van der Waals surface area contributed by atoms with Crippen molar-refractivity contribution >= 4 is 17.5 Å². The normalized spacial score (nSPS) is 24.6. The van der Waals surface area contributed by atoms with Gasteiger partial charge in [0.25, 0.3) is 0 Å². The van der Waals surface area contributed by atoms with Crippen molar-refractivity contribution < 1.29 is 19.1 Å². The molecule has 1 rings (SSSR count). The Kier molecular flexibility index (Phi) is 5.64. The summed E-state index contributed by atoms with van der Waals surface area (Å²) in [4.78, 5) is 33.6. The topological polar surface area (TPSA) is 60.4 Å². The fourth-order valence-electron chi connectivity index (χ4n) is 1.18. The minimum absolute atomic E-state index is 0.0227. The van der Waals surface area contributed by atoms with Gasteiger partial charge in [-0.2, -0.15) is 0 Å². The number of ketones is 2. The summed E-state index contributed by atoms with van der Waals surface area (Å²) in [7, 11) is 0. The first-order chi connectivity index (χ1) is 8.18. The van der Waals surface area contributed by atoms with Crippen LogP contribution in [0.1, 0.15) is 19.3 Å². The molecule has 0 bridgehead atoms. The molecule has 0 spiro atoms. The van der Waals surface area contributed by atoms with Crippen LogP contribution in [0.5, 0.6) is 0 Å². The molecule has 0 aromatic rings. The third kappa shape index (κ3) is 6.25. The van der Waals surface area contributed by atoms with Gasteiger partial charge in [0, 0.05) is 12.8 Å². The number of rotatable bonds is 0. The largest absolute Gasteiger partial charge is 0.457 e. The zero-order chi connectivity index (χ0) is 12.5. The van der Waals surface area contributed by atoms with Gasteiger partial charge in [0.15, 0.2) is 12.4 Å². The highest BCUT2D eigenvalue weighted by atomic mass is 16.5. The second kappa shape index (κ2) is 7.33. The Morgan fingerprint density at radius 3 is 2.53 bits per heavy atom. The molecule has 0 unspecified atom stereocenters. The summed E-state index contributed by atoms with van der Waals surface area (Å²) in [6.07, 6.45) is 10.2. The third-order valence-corrected chi connectivity index (χ3v) is 2.08. The number of carbonyl (C=O) groups is 3. The Bertz CT molecular complexity index is 388. The molecule has 0 amide bonds. The fourth-order valence-corrected chi connectivity index (χ4v) is 1.18. The van der Waals surface area contributed by atoms with E-state index in [0.717, 1.165) is 0 Å². The molecule has 1 heterocycles. The molecular formula is C13H14O4. The van der Waals surface area contributed by atoms with Crippen LogP contribution >= 0.6 is 0 Å². The first kappa shape index (κ1) is 13.1. The summed E-state index contributed by atoms with van der Waals surface area (Å²) < 4.78 is 4.71. The molecule has 0 saturated heterocycles. The van der Waals surface area contributed by atoms with Gasteiger partial charge in [-0.3, -0.25) is 14.4 Å². The molecule has 0 aliphatic carbocycles. The summed E-state index contributed by atoms with van der Waals surface area (Å²) >= 11 is 0. The van der Waals surface area contributed by atoms with E-state index >= 15 is 0 Å². The highest BCUT2D eigenvalue weighted by Gasteiger charge is 2.08. The van der Waals surface area contributed by atoms with Crippen LogP contribution in [0.15, 0.2) is 36.5 Å². The van der Waals surface area contributed by atoms with Gasteiger partial charge in [0.1, 0.15) is 5.78 Å². The summed E-state index contributed by atoms with van der Waals surface area (Å²) in [5.74, 6) is -0.822. The van der Waals surface area contributed by atoms with Crippen LogP contribution in [0.25, 0.3) is 0 Å². The summed E-state index contributed by atoms with van der Waals surface area (Å²) in [6, 6.07) is 0. The maximum absolute atomic E-state index is 11.3. The van der Waals surface area contributed by atoms with E-state index in [2.05, 4.69) is 0 Å². The van der Waals surface area contributed by atoms with Gasteiger partial charge < -0.3 is 4.74 Å². The van der Waals surface area contributed by atoms with Crippen molar-refractivity contribution in [3.8, 4) is 0 Å². The Morgan fingerprint density at radius 2 is 1.71 bits per heavy atom. The molecule has 0 aromatic heterocycles. The molecule has 4 heteroatoms. The number of ether oxygens (including phenoxy) is 1. The van der Waals surface area contributed by atoms with Crippen LogP contribution in [0.4, 0.5) is 0 Å². The van der Waals surface area contributed by atoms with Crippen LogP contribution in [-0.4, -0.2) is 24.1 Å². The van der Waals surface area contributed by atoms with Crippen LogP contribution in [-0.2, 0) is 19.1 Å². The molecule has 0 fully saturated rings. The number of Topliss-reactive ketones (excluding diaryl/α,β-unsaturated/α-hetero) is 1. The van der Waals surface area contributed by atoms with Crippen molar-refractivity contribution in [3.05, 3.63) is 36.5 Å². The quantitative estimate of drug-likeness (QED) is 0.596. The van der Waals surface area contributed by atoms with Crippen molar-refractivity contribution in [2.75, 3.05) is 6.61 Å². The number of hydrogen-bond acceptors (Lipinski definition) is 4. The second-order valence-corrected chi connectivity index (χ2v) is 3.54. The van der Waals surface area contributed by atoms with Crippen LogP contribution < -0.4 is 0 Å². The number of allylic oxidation sites excluding steroid dienone is 5. The molecule has 17 heavy (non-hydrogen) atoms. The SMILES string of the molecule is O=C1/C=C/C=C\C=C\CC(=O)CCC(=O)OC1. The Morgan fingerprint density at radius 1 is 0.941 bits per heavy atom. The monoisotopic (exact) mass is 234 g/mol. The Hall–Kier alpha value is -1.97. The first-order valence-electron chi connectivity index (χ1n) is 5.38. The summed E-state index contributed by atoms with van der Waals surface area (Å²) in [5.41, 5.74) is 0. The lowest BCUT2D eigenvalue weighted by Crippen LogP contribution is -2.13. The number of hydrogen-bond donors (Lipinski definition) is 0. The lowest BCUT2D eigenvalue weighted by Gasteiger charge is -2.01. The number of carbonyl (C=O) groups excluding carboxylic acids is 3. The predicted octanol–water partition coefficient (Wildman–Crippen LogP) is 1.52. The van der Waals surface area contributed by atoms with Crippen molar-refractivity contribution in [1.82, 2.24) is 0 Å². The van der Waals surface area contributed by atoms with Gasteiger partial charge >= 0.3 is 5.97 Å². The van der Waals surface area contributed by atoms with E-state index in [1.54, 1.807) is 30.4 Å². The molecule has 90 valence electrons. The second-order valence-electron chi connectivity index (χ2n) is 3.54. The zero-order valence-corrected chi connectivity index (χ0v) is 9.43. The average molecular weight is 234 g/mol. The van der Waals surface area contributed by atoms with Gasteiger partial charge in [-0.05, 0) is 6.08 Å². The highest BCUT2D eigenvalue weighted by molar-refractivity contribution is 5.92. The zero-order valence-electron chi connectivity index (χ0n) is 9.43. The standard InChI is InChI=1S/C13H14O4/c14-11-6-4-2-1-3-5-7-12(15)10-17-13(16)9-8-11/h1-5,7H,6,8-10H2/b3-1-,4-2+,7-5+. The van der Waals surface area contributed by atoms with Gasteiger partial charge in [0.05, 0.1) is 6.42 Å². The minimum atomic E-state index is -0.517. The lowest BCUT2D eigenvalue weighted by molar-refractivity contribution is -0.147. The van der Waals surface area contributed by atoms with E-state index in [-0.39, 0.29) is 31.0 Å². The molecule has 0 aromatic carbocycles. The van der Waals surface area contributed by atoms with Crippen molar-refractivity contribution in [3.63, 3.8) is 0 Å². The Balaban J connectivity index is 2.63. The number of cyclic esters (lactones) is 1. The lowest BCUT2D eigenvalue weighted by atomic mass is 10.1. The van der Waals surface area contributed by atoms with Crippen LogP contribution in [0.3, 0.4) is 0 Å². The van der Waals surface area contributed by atoms with Gasteiger partial charge in [-0.1, -0.05) is 30.4 Å². The van der Waals surface area contributed by atoms with Crippen LogP contribution in [0.2, 0.25) is 0 Å². The minimum Gasteiger partial charge on any atom is -0.457 e. The third-order valence-electron chi connectivity index (χ3n) is 2.08. The van der Waals surface area contributed by atoms with Crippen molar-refractivity contribution in [2.45, 2.75) is 19.3 Å². The highest BCUT2D eigenvalue weighted by Crippen LogP contribution is 2.00. The van der Waals surface area contributed by atoms with Gasteiger partial charge in [-0.25, -0.2) is 0 Å². The molecule has 0 radical (unpaired) electrons. The van der Waals surface area contributed by atoms with E-state index in [1.165, 1.54) is 6.08 Å². The van der Waals surface area contributed by atoms with E-state index in [9.17, 15) is 14.4 Å². The van der Waals surface area contributed by atoms with E-state index < -0.39 is 5.97 Å².